The van der Waals surface area contributed by atoms with Crippen LogP contribution < -0.4 is 10.6 Å². The topological polar surface area (TPSA) is 84.9 Å². The number of carboxylic acids is 1. The maximum atomic E-state index is 12.8. The minimum atomic E-state index is -3.45. The Balaban J connectivity index is 3.16. The molecule has 0 aliphatic heterocycles. The van der Waals surface area contributed by atoms with Crippen LogP contribution >= 0.6 is 7.60 Å². The van der Waals surface area contributed by atoms with Crippen molar-refractivity contribution in [1.29, 1.82) is 0 Å². The molecule has 0 aliphatic rings. The molecule has 7 heteroatoms. The van der Waals surface area contributed by atoms with Gasteiger partial charge in [0.15, 0.2) is 0 Å². The second-order valence-electron chi connectivity index (χ2n) is 4.05. The van der Waals surface area contributed by atoms with E-state index >= 15 is 0 Å². The molecule has 1 atom stereocenters. The van der Waals surface area contributed by atoms with Crippen molar-refractivity contribution in [3.05, 3.63) is 24.3 Å². The third-order valence-corrected chi connectivity index (χ3v) is 4.72. The summed E-state index contributed by atoms with van der Waals surface area (Å²) in [7, 11) is -3.45. The Morgan fingerprint density at radius 3 is 2.35 bits per heavy atom. The summed E-state index contributed by atoms with van der Waals surface area (Å²) in [6.45, 7) is 5.43. The summed E-state index contributed by atoms with van der Waals surface area (Å²) >= 11 is 0. The fourth-order valence-corrected chi connectivity index (χ4v) is 3.38. The Morgan fingerprint density at radius 1 is 1.30 bits per heavy atom. The first-order chi connectivity index (χ1) is 9.44. The lowest BCUT2D eigenvalue weighted by atomic mass is 10.2. The van der Waals surface area contributed by atoms with Crippen molar-refractivity contribution in [3.63, 3.8) is 0 Å². The van der Waals surface area contributed by atoms with Gasteiger partial charge in [0.1, 0.15) is 6.04 Å². The summed E-state index contributed by atoms with van der Waals surface area (Å²) in [5.74, 6) is -0.998. The van der Waals surface area contributed by atoms with Gasteiger partial charge in [0.05, 0.1) is 24.2 Å². The molecule has 1 aromatic rings. The maximum absolute atomic E-state index is 12.8. The first-order valence-electron chi connectivity index (χ1n) is 6.42. The van der Waals surface area contributed by atoms with E-state index in [0.717, 1.165) is 0 Å². The minimum Gasteiger partial charge on any atom is -0.480 e. The van der Waals surface area contributed by atoms with Gasteiger partial charge in [-0.1, -0.05) is 12.1 Å². The monoisotopic (exact) mass is 301 g/mol. The Bertz CT molecular complexity index is 495. The molecule has 0 aromatic heterocycles. The summed E-state index contributed by atoms with van der Waals surface area (Å²) in [6.07, 6.45) is 0. The second-order valence-corrected chi connectivity index (χ2v) is 6.05. The summed E-state index contributed by atoms with van der Waals surface area (Å²) < 4.78 is 23.3. The predicted molar refractivity (Wildman–Crippen MR) is 77.7 cm³/mol. The highest BCUT2D eigenvalue weighted by Crippen LogP contribution is 2.48. The molecular weight excluding hydrogens is 281 g/mol. The zero-order valence-electron chi connectivity index (χ0n) is 11.8. The SMILES string of the molecule is CCOP(=O)(OCC)c1ccccc1N[C@@H](C)C(=O)O. The number of aliphatic carboxylic acids is 1. The van der Waals surface area contributed by atoms with Gasteiger partial charge in [-0.3, -0.25) is 9.36 Å². The van der Waals surface area contributed by atoms with Crippen LogP contribution in [0, 0.1) is 0 Å². The third-order valence-electron chi connectivity index (χ3n) is 2.54. The highest BCUT2D eigenvalue weighted by atomic mass is 31.2. The van der Waals surface area contributed by atoms with Crippen molar-refractivity contribution in [1.82, 2.24) is 0 Å². The third kappa shape index (κ3) is 4.07. The second kappa shape index (κ2) is 7.43. The number of nitrogens with one attached hydrogen (secondary N) is 1. The Hall–Kier alpha value is -1.36. The number of para-hydroxylation sites is 1. The highest BCUT2D eigenvalue weighted by Gasteiger charge is 2.30. The minimum absolute atomic E-state index is 0.236. The van der Waals surface area contributed by atoms with Gasteiger partial charge in [0, 0.05) is 0 Å². The molecule has 0 heterocycles. The molecule has 6 nitrogen and oxygen atoms in total. The number of benzene rings is 1. The van der Waals surface area contributed by atoms with E-state index in [0.29, 0.717) is 11.0 Å². The van der Waals surface area contributed by atoms with Gasteiger partial charge in [-0.25, -0.2) is 0 Å². The van der Waals surface area contributed by atoms with Crippen LogP contribution in [0.4, 0.5) is 5.69 Å². The lowest BCUT2D eigenvalue weighted by Gasteiger charge is -2.21. The molecule has 0 spiro atoms. The van der Waals surface area contributed by atoms with Gasteiger partial charge in [-0.2, -0.15) is 0 Å². The summed E-state index contributed by atoms with van der Waals surface area (Å²) in [5.41, 5.74) is 0.438. The van der Waals surface area contributed by atoms with Crippen molar-refractivity contribution in [2.75, 3.05) is 18.5 Å². The van der Waals surface area contributed by atoms with Gasteiger partial charge in [-0.05, 0) is 32.9 Å². The van der Waals surface area contributed by atoms with E-state index in [1.807, 2.05) is 0 Å². The van der Waals surface area contributed by atoms with Crippen LogP contribution in [0.3, 0.4) is 0 Å². The standard InChI is InChI=1S/C13H20NO5P/c1-4-18-20(17,19-5-2)12-9-7-6-8-11(12)14-10(3)13(15)16/h6-10,14H,4-5H2,1-3H3,(H,15,16)/t10-/m0/s1. The van der Waals surface area contributed by atoms with Crippen LogP contribution in [-0.4, -0.2) is 30.3 Å². The normalized spacial score (nSPS) is 12.9. The van der Waals surface area contributed by atoms with Gasteiger partial charge in [0.2, 0.25) is 0 Å². The van der Waals surface area contributed by atoms with Crippen LogP contribution in [-0.2, 0) is 18.4 Å². The van der Waals surface area contributed by atoms with Crippen LogP contribution in [0.15, 0.2) is 24.3 Å². The molecule has 0 radical (unpaired) electrons. The number of carboxylic acid groups (broad SMARTS) is 1. The molecule has 0 aliphatic carbocycles. The molecule has 0 saturated carbocycles. The van der Waals surface area contributed by atoms with E-state index in [9.17, 15) is 9.36 Å². The molecule has 112 valence electrons. The average molecular weight is 301 g/mol. The van der Waals surface area contributed by atoms with E-state index in [-0.39, 0.29) is 13.2 Å². The Labute approximate surface area is 118 Å². The number of carbonyl (C=O) groups is 1. The zero-order valence-corrected chi connectivity index (χ0v) is 12.7. The lowest BCUT2D eigenvalue weighted by molar-refractivity contribution is -0.137. The smallest absolute Gasteiger partial charge is 0.363 e. The fraction of sp³-hybridized carbons (Fsp3) is 0.462. The number of anilines is 1. The van der Waals surface area contributed by atoms with Crippen LogP contribution in [0.5, 0.6) is 0 Å². The molecular formula is C13H20NO5P. The Morgan fingerprint density at radius 2 is 1.85 bits per heavy atom. The van der Waals surface area contributed by atoms with Crippen molar-refractivity contribution >= 4 is 24.6 Å². The molecule has 0 unspecified atom stereocenters. The van der Waals surface area contributed by atoms with Gasteiger partial charge < -0.3 is 19.5 Å². The van der Waals surface area contributed by atoms with E-state index < -0.39 is 19.6 Å². The summed E-state index contributed by atoms with van der Waals surface area (Å²) in [5, 5.41) is 12.1. The number of rotatable bonds is 8. The van der Waals surface area contributed by atoms with Gasteiger partial charge in [0.25, 0.3) is 0 Å². The molecule has 0 saturated heterocycles. The number of hydrogen-bond donors (Lipinski definition) is 2. The summed E-state index contributed by atoms with van der Waals surface area (Å²) in [6, 6.07) is 5.88. The predicted octanol–water partition coefficient (Wildman–Crippen LogP) is 2.46. The quantitative estimate of drug-likeness (QED) is 0.717. The highest BCUT2D eigenvalue weighted by molar-refractivity contribution is 7.62. The number of hydrogen-bond acceptors (Lipinski definition) is 5. The van der Waals surface area contributed by atoms with Crippen LogP contribution in [0.2, 0.25) is 0 Å². The summed E-state index contributed by atoms with van der Waals surface area (Å²) in [4.78, 5) is 10.9. The van der Waals surface area contributed by atoms with E-state index in [1.165, 1.54) is 6.92 Å². The fourth-order valence-electron chi connectivity index (χ4n) is 1.65. The first kappa shape index (κ1) is 16.7. The van der Waals surface area contributed by atoms with Crippen LogP contribution in [0.25, 0.3) is 0 Å². The maximum Gasteiger partial charge on any atom is 0.363 e. The molecule has 0 bridgehead atoms. The van der Waals surface area contributed by atoms with Crippen molar-refractivity contribution in [2.45, 2.75) is 26.8 Å². The molecule has 1 aromatic carbocycles. The lowest BCUT2D eigenvalue weighted by Crippen LogP contribution is -2.28. The van der Waals surface area contributed by atoms with Crippen molar-refractivity contribution in [3.8, 4) is 0 Å². The molecule has 0 fully saturated rings. The van der Waals surface area contributed by atoms with E-state index in [4.69, 9.17) is 14.2 Å². The van der Waals surface area contributed by atoms with E-state index in [2.05, 4.69) is 5.32 Å². The zero-order chi connectivity index (χ0) is 15.2. The first-order valence-corrected chi connectivity index (χ1v) is 7.97. The Kier molecular flexibility index (Phi) is 6.20. The molecule has 20 heavy (non-hydrogen) atoms. The molecule has 0 amide bonds. The molecule has 2 N–H and O–H groups in total. The van der Waals surface area contributed by atoms with Crippen molar-refractivity contribution in [2.24, 2.45) is 0 Å². The van der Waals surface area contributed by atoms with E-state index in [1.54, 1.807) is 38.1 Å². The van der Waals surface area contributed by atoms with Crippen LogP contribution in [0.1, 0.15) is 20.8 Å². The average Bonchev–Trinajstić information content (AvgIpc) is 2.39. The largest absolute Gasteiger partial charge is 0.480 e. The van der Waals surface area contributed by atoms with Crippen molar-refractivity contribution < 1.29 is 23.5 Å². The van der Waals surface area contributed by atoms with Gasteiger partial charge in [-0.15, -0.1) is 0 Å². The molecule has 1 rings (SSSR count). The van der Waals surface area contributed by atoms with Gasteiger partial charge >= 0.3 is 13.6 Å².